The Kier molecular flexibility index (Phi) is 6.88. The minimum Gasteiger partial charge on any atom is -0.480 e. The molecule has 4 aliphatic rings. The SMILES string of the molecule is CN(C)C(=O)COc1ccc2ncc(F)c(CCC34CCC(N(C)c5ccc6c(n5)NC(=O)CO6)(CC3)CO4)c2n1. The molecule has 12 heteroatoms. The van der Waals surface area contributed by atoms with Gasteiger partial charge in [-0.1, -0.05) is 0 Å². The Balaban J connectivity index is 1.14. The lowest BCUT2D eigenvalue weighted by Crippen LogP contribution is -2.62. The molecule has 1 aliphatic carbocycles. The van der Waals surface area contributed by atoms with Crippen molar-refractivity contribution in [2.24, 2.45) is 0 Å². The maximum atomic E-state index is 15.1. The summed E-state index contributed by atoms with van der Waals surface area (Å²) in [5.41, 5.74) is 0.917. The molecule has 0 atom stereocenters. The second-order valence-corrected chi connectivity index (χ2v) is 11.3. The average Bonchev–Trinajstić information content (AvgIpc) is 2.99. The summed E-state index contributed by atoms with van der Waals surface area (Å²) in [5.74, 6) is 1.16. The van der Waals surface area contributed by atoms with E-state index in [-0.39, 0.29) is 42.0 Å². The number of aryl methyl sites for hydroxylation is 1. The van der Waals surface area contributed by atoms with Crippen molar-refractivity contribution in [2.75, 3.05) is 51.2 Å². The molecule has 1 N–H and O–H groups in total. The molecule has 0 unspecified atom stereocenters. The van der Waals surface area contributed by atoms with Crippen molar-refractivity contribution in [2.45, 2.75) is 49.7 Å². The zero-order valence-corrected chi connectivity index (χ0v) is 23.4. The zero-order valence-electron chi connectivity index (χ0n) is 23.4. The fourth-order valence-corrected chi connectivity index (χ4v) is 5.90. The van der Waals surface area contributed by atoms with Crippen LogP contribution in [-0.2, 0) is 20.7 Å². The first-order chi connectivity index (χ1) is 19.7. The van der Waals surface area contributed by atoms with Crippen molar-refractivity contribution in [3.63, 3.8) is 0 Å². The van der Waals surface area contributed by atoms with Crippen LogP contribution in [0.5, 0.6) is 11.6 Å². The molecular formula is C29H33FN6O5. The Morgan fingerprint density at radius 1 is 1.12 bits per heavy atom. The van der Waals surface area contributed by atoms with Gasteiger partial charge in [0, 0.05) is 32.8 Å². The monoisotopic (exact) mass is 564 g/mol. The molecule has 1 saturated carbocycles. The number of pyridine rings is 3. The van der Waals surface area contributed by atoms with Crippen molar-refractivity contribution in [1.29, 1.82) is 0 Å². The number of aromatic nitrogens is 3. The first-order valence-corrected chi connectivity index (χ1v) is 13.8. The number of carbonyl (C=O) groups is 2. The molecule has 41 heavy (non-hydrogen) atoms. The predicted molar refractivity (Wildman–Crippen MR) is 149 cm³/mol. The first-order valence-electron chi connectivity index (χ1n) is 13.8. The number of anilines is 2. The van der Waals surface area contributed by atoms with E-state index in [4.69, 9.17) is 14.2 Å². The highest BCUT2D eigenvalue weighted by Gasteiger charge is 2.52. The highest BCUT2D eigenvalue weighted by molar-refractivity contribution is 5.94. The summed E-state index contributed by atoms with van der Waals surface area (Å²) in [6.45, 7) is 0.368. The molecule has 3 aromatic rings. The van der Waals surface area contributed by atoms with Crippen LogP contribution in [-0.4, -0.2) is 83.8 Å². The van der Waals surface area contributed by atoms with Gasteiger partial charge in [-0.25, -0.2) is 14.4 Å². The van der Waals surface area contributed by atoms with Crippen LogP contribution in [0.3, 0.4) is 0 Å². The highest BCUT2D eigenvalue weighted by atomic mass is 19.1. The lowest BCUT2D eigenvalue weighted by molar-refractivity contribution is -0.156. The Labute approximate surface area is 237 Å². The maximum Gasteiger partial charge on any atom is 0.263 e. The quantitative estimate of drug-likeness (QED) is 0.440. The molecule has 2 saturated heterocycles. The van der Waals surface area contributed by atoms with Gasteiger partial charge in [-0.2, -0.15) is 0 Å². The summed E-state index contributed by atoms with van der Waals surface area (Å²) in [4.78, 5) is 40.6. The summed E-state index contributed by atoms with van der Waals surface area (Å²) in [6, 6.07) is 7.10. The number of hydrogen-bond donors (Lipinski definition) is 1. The van der Waals surface area contributed by atoms with Gasteiger partial charge in [-0.15, -0.1) is 0 Å². The molecule has 7 rings (SSSR count). The number of halogens is 1. The number of carbonyl (C=O) groups excluding carboxylic acids is 2. The summed E-state index contributed by atoms with van der Waals surface area (Å²) in [5, 5.41) is 2.78. The lowest BCUT2D eigenvalue weighted by atomic mass is 9.68. The van der Waals surface area contributed by atoms with Crippen LogP contribution in [0.4, 0.5) is 16.0 Å². The van der Waals surface area contributed by atoms with Crippen molar-refractivity contribution in [3.05, 3.63) is 41.8 Å². The van der Waals surface area contributed by atoms with Crippen LogP contribution in [0.15, 0.2) is 30.5 Å². The standard InChI is InChI=1S/C29H33FN6O5/c1-35(2)25(38)16-40-24-7-4-20-26(34-24)18(19(30)14-31-20)8-9-29-12-10-28(11-13-29,17-41-29)36(3)22-6-5-21-27(32-22)33-23(37)15-39-21/h4-7,14H,8-13,15-17H2,1-3H3,(H,32,33,37). The van der Waals surface area contributed by atoms with Crippen molar-refractivity contribution in [3.8, 4) is 11.6 Å². The molecule has 2 bridgehead atoms. The fraction of sp³-hybridized carbons (Fsp3) is 0.483. The van der Waals surface area contributed by atoms with E-state index in [1.54, 1.807) is 26.2 Å². The number of fused-ring (bicyclic) bond motifs is 5. The van der Waals surface area contributed by atoms with Crippen molar-refractivity contribution >= 4 is 34.5 Å². The lowest BCUT2D eigenvalue weighted by Gasteiger charge is -2.56. The Bertz CT molecular complexity index is 1490. The van der Waals surface area contributed by atoms with E-state index in [1.165, 1.54) is 11.1 Å². The largest absolute Gasteiger partial charge is 0.480 e. The van der Waals surface area contributed by atoms with Crippen molar-refractivity contribution < 1.29 is 28.2 Å². The number of nitrogens with one attached hydrogen (secondary N) is 1. The molecule has 2 amide bonds. The van der Waals surface area contributed by atoms with Crippen LogP contribution < -0.4 is 19.7 Å². The highest BCUT2D eigenvalue weighted by Crippen LogP contribution is 2.49. The van der Waals surface area contributed by atoms with E-state index in [1.807, 2.05) is 19.2 Å². The third-order valence-corrected chi connectivity index (χ3v) is 8.67. The smallest absolute Gasteiger partial charge is 0.263 e. The molecule has 6 heterocycles. The Morgan fingerprint density at radius 2 is 1.93 bits per heavy atom. The van der Waals surface area contributed by atoms with E-state index in [0.29, 0.717) is 47.6 Å². The Morgan fingerprint density at radius 3 is 2.66 bits per heavy atom. The number of amides is 2. The topological polar surface area (TPSA) is 119 Å². The van der Waals surface area contributed by atoms with Crippen LogP contribution in [0.25, 0.3) is 11.0 Å². The molecule has 3 aliphatic heterocycles. The number of hydrogen-bond acceptors (Lipinski definition) is 9. The average molecular weight is 565 g/mol. The predicted octanol–water partition coefficient (Wildman–Crippen LogP) is 3.11. The number of rotatable bonds is 8. The van der Waals surface area contributed by atoms with E-state index in [9.17, 15) is 9.59 Å². The minimum absolute atomic E-state index is 0.00824. The van der Waals surface area contributed by atoms with Crippen molar-refractivity contribution in [1.82, 2.24) is 19.9 Å². The number of ether oxygens (including phenoxy) is 3. The third-order valence-electron chi connectivity index (χ3n) is 8.67. The van der Waals surface area contributed by atoms with Gasteiger partial charge in [0.1, 0.15) is 11.6 Å². The van der Waals surface area contributed by atoms with E-state index in [0.717, 1.165) is 31.5 Å². The second-order valence-electron chi connectivity index (χ2n) is 11.3. The molecule has 216 valence electrons. The summed E-state index contributed by atoms with van der Waals surface area (Å²) in [6.07, 6.45) is 5.79. The van der Waals surface area contributed by atoms with Gasteiger partial charge in [0.05, 0.1) is 35.0 Å². The van der Waals surface area contributed by atoms with E-state index < -0.39 is 5.82 Å². The van der Waals surface area contributed by atoms with Crippen LogP contribution in [0.1, 0.15) is 37.7 Å². The maximum absolute atomic E-state index is 15.1. The number of nitrogens with zero attached hydrogens (tertiary/aromatic N) is 5. The van der Waals surface area contributed by atoms with Gasteiger partial charge in [-0.05, 0) is 56.7 Å². The summed E-state index contributed by atoms with van der Waals surface area (Å²) >= 11 is 0. The normalized spacial score (nSPS) is 23.0. The first kappa shape index (κ1) is 27.1. The van der Waals surface area contributed by atoms with Crippen LogP contribution in [0.2, 0.25) is 0 Å². The second kappa shape index (κ2) is 10.4. The molecule has 3 fully saturated rings. The molecule has 0 spiro atoms. The summed E-state index contributed by atoms with van der Waals surface area (Å²) < 4.78 is 32.6. The fourth-order valence-electron chi connectivity index (χ4n) is 5.90. The molecule has 0 aromatic carbocycles. The molecule has 3 aromatic heterocycles. The van der Waals surface area contributed by atoms with Gasteiger partial charge >= 0.3 is 0 Å². The van der Waals surface area contributed by atoms with Crippen LogP contribution >= 0.6 is 0 Å². The van der Waals surface area contributed by atoms with Gasteiger partial charge in [-0.3, -0.25) is 14.6 Å². The van der Waals surface area contributed by atoms with Gasteiger partial charge in [0.2, 0.25) is 5.88 Å². The zero-order chi connectivity index (χ0) is 28.8. The molecule has 11 nitrogen and oxygen atoms in total. The minimum atomic E-state index is -0.418. The van der Waals surface area contributed by atoms with Gasteiger partial charge in [0.25, 0.3) is 11.8 Å². The van der Waals surface area contributed by atoms with Crippen LogP contribution in [0, 0.1) is 5.82 Å². The molecule has 0 radical (unpaired) electrons. The van der Waals surface area contributed by atoms with Gasteiger partial charge < -0.3 is 29.3 Å². The van der Waals surface area contributed by atoms with Gasteiger partial charge in [0.15, 0.2) is 24.8 Å². The summed E-state index contributed by atoms with van der Waals surface area (Å²) in [7, 11) is 5.31. The third kappa shape index (κ3) is 5.12. The van der Waals surface area contributed by atoms with E-state index >= 15 is 4.39 Å². The van der Waals surface area contributed by atoms with E-state index in [2.05, 4.69) is 25.2 Å². The molecular weight excluding hydrogens is 531 g/mol. The Hall–Kier alpha value is -4.06. The number of likely N-dealkylation sites (N-methyl/N-ethyl adjacent to an activating group) is 2.